The number of aryl methyl sites for hydroxylation is 2. The fourth-order valence-corrected chi connectivity index (χ4v) is 1.62. The number of aliphatic hydroxyl groups excluding tert-OH is 1. The number of hydrogen-bond donors (Lipinski definition) is 1. The molecule has 3 nitrogen and oxygen atoms in total. The van der Waals surface area contributed by atoms with Gasteiger partial charge in [0.15, 0.2) is 0 Å². The van der Waals surface area contributed by atoms with Gasteiger partial charge in [0, 0.05) is 25.4 Å². The summed E-state index contributed by atoms with van der Waals surface area (Å²) in [6, 6.07) is 0. The number of rotatable bonds is 6. The maximum absolute atomic E-state index is 9.71. The van der Waals surface area contributed by atoms with Crippen molar-refractivity contribution >= 4 is 0 Å². The average molecular weight is 210 g/mol. The van der Waals surface area contributed by atoms with E-state index in [0.717, 1.165) is 31.6 Å². The van der Waals surface area contributed by atoms with Crippen molar-refractivity contribution in [1.82, 2.24) is 9.55 Å². The second kappa shape index (κ2) is 5.91. The van der Waals surface area contributed by atoms with Crippen molar-refractivity contribution in [3.8, 4) is 0 Å². The number of imidazole rings is 1. The van der Waals surface area contributed by atoms with Crippen LogP contribution in [0.15, 0.2) is 12.4 Å². The summed E-state index contributed by atoms with van der Waals surface area (Å²) in [7, 11) is 0. The maximum Gasteiger partial charge on any atom is 0.108 e. The smallest absolute Gasteiger partial charge is 0.108 e. The standard InChI is InChI=1S/C12H22N2O/c1-4-8-14-9-7-13-12(14)6-5-11(15)10(2)3/h7,9-11,15H,4-6,8H2,1-3H3. The van der Waals surface area contributed by atoms with E-state index in [4.69, 9.17) is 0 Å². The fourth-order valence-electron chi connectivity index (χ4n) is 1.62. The first kappa shape index (κ1) is 12.2. The Kier molecular flexibility index (Phi) is 4.82. The van der Waals surface area contributed by atoms with E-state index < -0.39 is 0 Å². The first-order chi connectivity index (χ1) is 7.15. The summed E-state index contributed by atoms with van der Waals surface area (Å²) in [4.78, 5) is 4.32. The molecule has 1 unspecified atom stereocenters. The molecule has 0 aliphatic heterocycles. The summed E-state index contributed by atoms with van der Waals surface area (Å²) >= 11 is 0. The predicted molar refractivity (Wildman–Crippen MR) is 61.7 cm³/mol. The third kappa shape index (κ3) is 3.67. The number of nitrogens with zero attached hydrogens (tertiary/aromatic N) is 2. The van der Waals surface area contributed by atoms with Crippen molar-refractivity contribution in [1.29, 1.82) is 0 Å². The zero-order valence-electron chi connectivity index (χ0n) is 9.98. The van der Waals surface area contributed by atoms with Crippen molar-refractivity contribution < 1.29 is 5.11 Å². The van der Waals surface area contributed by atoms with Gasteiger partial charge in [-0.2, -0.15) is 0 Å². The Morgan fingerprint density at radius 1 is 1.47 bits per heavy atom. The minimum Gasteiger partial charge on any atom is -0.393 e. The van der Waals surface area contributed by atoms with Crippen LogP contribution in [0.1, 0.15) is 39.4 Å². The Morgan fingerprint density at radius 3 is 2.80 bits per heavy atom. The third-order valence-corrected chi connectivity index (χ3v) is 2.70. The first-order valence-corrected chi connectivity index (χ1v) is 5.83. The first-order valence-electron chi connectivity index (χ1n) is 5.83. The Morgan fingerprint density at radius 2 is 2.20 bits per heavy atom. The highest BCUT2D eigenvalue weighted by Crippen LogP contribution is 2.10. The van der Waals surface area contributed by atoms with Crippen LogP contribution in [-0.4, -0.2) is 20.8 Å². The topological polar surface area (TPSA) is 38.0 Å². The molecule has 1 N–H and O–H groups in total. The van der Waals surface area contributed by atoms with Gasteiger partial charge >= 0.3 is 0 Å². The lowest BCUT2D eigenvalue weighted by atomic mass is 10.0. The Labute approximate surface area is 92.1 Å². The van der Waals surface area contributed by atoms with Crippen LogP contribution in [0.3, 0.4) is 0 Å². The van der Waals surface area contributed by atoms with Crippen LogP contribution in [0, 0.1) is 5.92 Å². The molecule has 86 valence electrons. The van der Waals surface area contributed by atoms with Crippen molar-refractivity contribution in [2.75, 3.05) is 0 Å². The summed E-state index contributed by atoms with van der Waals surface area (Å²) < 4.78 is 2.17. The van der Waals surface area contributed by atoms with Gasteiger partial charge in [-0.15, -0.1) is 0 Å². The van der Waals surface area contributed by atoms with Crippen LogP contribution in [-0.2, 0) is 13.0 Å². The highest BCUT2D eigenvalue weighted by Gasteiger charge is 2.10. The van der Waals surface area contributed by atoms with Gasteiger partial charge in [-0.3, -0.25) is 0 Å². The molecule has 1 atom stereocenters. The fraction of sp³-hybridized carbons (Fsp3) is 0.750. The van der Waals surface area contributed by atoms with E-state index in [-0.39, 0.29) is 6.10 Å². The maximum atomic E-state index is 9.71. The molecule has 0 spiro atoms. The second-order valence-electron chi connectivity index (χ2n) is 4.39. The monoisotopic (exact) mass is 210 g/mol. The quantitative estimate of drug-likeness (QED) is 0.782. The summed E-state index contributed by atoms with van der Waals surface area (Å²) in [6.45, 7) is 7.27. The van der Waals surface area contributed by atoms with Crippen molar-refractivity contribution in [3.63, 3.8) is 0 Å². The molecule has 1 aromatic heterocycles. The minimum atomic E-state index is -0.211. The molecule has 1 aromatic rings. The van der Waals surface area contributed by atoms with Gasteiger partial charge in [0.05, 0.1) is 6.10 Å². The van der Waals surface area contributed by atoms with Crippen LogP contribution in [0.25, 0.3) is 0 Å². The number of hydrogen-bond acceptors (Lipinski definition) is 2. The van der Waals surface area contributed by atoms with Gasteiger partial charge in [-0.25, -0.2) is 4.98 Å². The molecule has 0 fully saturated rings. The molecule has 0 aromatic carbocycles. The molecule has 1 heterocycles. The Balaban J connectivity index is 2.46. The van der Waals surface area contributed by atoms with Crippen LogP contribution in [0.4, 0.5) is 0 Å². The summed E-state index contributed by atoms with van der Waals surface area (Å²) in [5, 5.41) is 9.71. The predicted octanol–water partition coefficient (Wildman–Crippen LogP) is 2.24. The van der Waals surface area contributed by atoms with E-state index in [1.165, 1.54) is 0 Å². The van der Waals surface area contributed by atoms with Gasteiger partial charge in [0.2, 0.25) is 0 Å². The lowest BCUT2D eigenvalue weighted by molar-refractivity contribution is 0.115. The zero-order chi connectivity index (χ0) is 11.3. The van der Waals surface area contributed by atoms with Crippen molar-refractivity contribution in [2.45, 2.75) is 52.7 Å². The number of aliphatic hydroxyl groups is 1. The van der Waals surface area contributed by atoms with Crippen LogP contribution < -0.4 is 0 Å². The molecular formula is C12H22N2O. The van der Waals surface area contributed by atoms with Gasteiger partial charge in [0.25, 0.3) is 0 Å². The molecular weight excluding hydrogens is 188 g/mol. The molecule has 0 amide bonds. The van der Waals surface area contributed by atoms with E-state index in [9.17, 15) is 5.11 Å². The normalized spacial score (nSPS) is 13.4. The molecule has 1 rings (SSSR count). The van der Waals surface area contributed by atoms with Crippen LogP contribution >= 0.6 is 0 Å². The van der Waals surface area contributed by atoms with Crippen LogP contribution in [0.5, 0.6) is 0 Å². The van der Waals surface area contributed by atoms with Gasteiger partial charge in [-0.1, -0.05) is 20.8 Å². The minimum absolute atomic E-state index is 0.211. The van der Waals surface area contributed by atoms with E-state index in [0.29, 0.717) is 5.92 Å². The van der Waals surface area contributed by atoms with Gasteiger partial charge in [0.1, 0.15) is 5.82 Å². The van der Waals surface area contributed by atoms with E-state index in [1.807, 2.05) is 26.2 Å². The highest BCUT2D eigenvalue weighted by atomic mass is 16.3. The SMILES string of the molecule is CCCn1ccnc1CCC(O)C(C)C. The molecule has 0 saturated heterocycles. The molecule has 0 saturated carbocycles. The van der Waals surface area contributed by atoms with Crippen LogP contribution in [0.2, 0.25) is 0 Å². The van der Waals surface area contributed by atoms with Gasteiger partial charge in [-0.05, 0) is 18.8 Å². The lowest BCUT2D eigenvalue weighted by Crippen LogP contribution is -2.16. The summed E-state index contributed by atoms with van der Waals surface area (Å²) in [6.07, 6.45) is 6.44. The molecule has 3 heteroatoms. The van der Waals surface area contributed by atoms with Crippen molar-refractivity contribution in [3.05, 3.63) is 18.2 Å². The molecule has 0 aliphatic rings. The van der Waals surface area contributed by atoms with Crippen molar-refractivity contribution in [2.24, 2.45) is 5.92 Å². The zero-order valence-corrected chi connectivity index (χ0v) is 9.98. The summed E-state index contributed by atoms with van der Waals surface area (Å²) in [5.41, 5.74) is 0. The molecule has 0 aliphatic carbocycles. The molecule has 0 bridgehead atoms. The second-order valence-corrected chi connectivity index (χ2v) is 4.39. The lowest BCUT2D eigenvalue weighted by Gasteiger charge is -2.14. The Bertz CT molecular complexity index is 281. The highest BCUT2D eigenvalue weighted by molar-refractivity contribution is 4.93. The van der Waals surface area contributed by atoms with E-state index in [2.05, 4.69) is 16.5 Å². The summed E-state index contributed by atoms with van der Waals surface area (Å²) in [5.74, 6) is 1.43. The third-order valence-electron chi connectivity index (χ3n) is 2.70. The van der Waals surface area contributed by atoms with E-state index >= 15 is 0 Å². The van der Waals surface area contributed by atoms with Gasteiger partial charge < -0.3 is 9.67 Å². The molecule has 15 heavy (non-hydrogen) atoms. The average Bonchev–Trinajstić information content (AvgIpc) is 2.62. The largest absolute Gasteiger partial charge is 0.393 e. The Hall–Kier alpha value is -0.830. The number of aromatic nitrogens is 2. The molecule has 0 radical (unpaired) electrons. The van der Waals surface area contributed by atoms with E-state index in [1.54, 1.807) is 0 Å².